The van der Waals surface area contributed by atoms with Gasteiger partial charge in [-0.3, -0.25) is 4.98 Å². The molecule has 0 fully saturated rings. The van der Waals surface area contributed by atoms with Crippen LogP contribution in [0.2, 0.25) is 0 Å². The summed E-state index contributed by atoms with van der Waals surface area (Å²) in [6.07, 6.45) is -2.00. The van der Waals surface area contributed by atoms with E-state index in [1.54, 1.807) is 7.05 Å². The Morgan fingerprint density at radius 3 is 2.48 bits per heavy atom. The smallest absolute Gasteiger partial charge is 0.309 e. The standard InChI is InChI=1S/C15H14BrF3N2/c1-9-3-4-10(13(16)7-9)14(20-2)11-8-21-6-5-12(11)15(17,18)19/h3-8,14,20H,1-2H3. The summed E-state index contributed by atoms with van der Waals surface area (Å²) in [6, 6.07) is 5.97. The van der Waals surface area contributed by atoms with Gasteiger partial charge in [0.15, 0.2) is 0 Å². The number of aromatic nitrogens is 1. The van der Waals surface area contributed by atoms with E-state index >= 15 is 0 Å². The second-order valence-corrected chi connectivity index (χ2v) is 5.56. The van der Waals surface area contributed by atoms with E-state index in [0.29, 0.717) is 0 Å². The summed E-state index contributed by atoms with van der Waals surface area (Å²) < 4.78 is 40.2. The summed E-state index contributed by atoms with van der Waals surface area (Å²) in [5.74, 6) is 0. The van der Waals surface area contributed by atoms with Crippen molar-refractivity contribution >= 4 is 15.9 Å². The van der Waals surface area contributed by atoms with Crippen LogP contribution in [0, 0.1) is 6.92 Å². The Hall–Kier alpha value is -1.40. The molecular formula is C15H14BrF3N2. The number of alkyl halides is 3. The fourth-order valence-electron chi connectivity index (χ4n) is 2.24. The van der Waals surface area contributed by atoms with Gasteiger partial charge >= 0.3 is 6.18 Å². The van der Waals surface area contributed by atoms with Crippen molar-refractivity contribution in [3.63, 3.8) is 0 Å². The highest BCUT2D eigenvalue weighted by Crippen LogP contribution is 2.37. The lowest BCUT2D eigenvalue weighted by atomic mass is 9.95. The van der Waals surface area contributed by atoms with Crippen molar-refractivity contribution in [1.82, 2.24) is 10.3 Å². The number of nitrogens with zero attached hydrogens (tertiary/aromatic N) is 1. The first-order chi connectivity index (χ1) is 9.84. The number of benzene rings is 1. The highest BCUT2D eigenvalue weighted by Gasteiger charge is 2.35. The van der Waals surface area contributed by atoms with Gasteiger partial charge in [-0.1, -0.05) is 28.1 Å². The Kier molecular flexibility index (Phi) is 4.68. The summed E-state index contributed by atoms with van der Waals surface area (Å²) >= 11 is 3.42. The molecule has 0 aliphatic heterocycles. The van der Waals surface area contributed by atoms with Crippen LogP contribution >= 0.6 is 15.9 Å². The minimum Gasteiger partial charge on any atom is -0.309 e. The fourth-order valence-corrected chi connectivity index (χ4v) is 2.96. The van der Waals surface area contributed by atoms with E-state index in [4.69, 9.17) is 0 Å². The van der Waals surface area contributed by atoms with Crippen molar-refractivity contribution in [1.29, 1.82) is 0 Å². The summed E-state index contributed by atoms with van der Waals surface area (Å²) in [5.41, 5.74) is 1.20. The van der Waals surface area contributed by atoms with E-state index < -0.39 is 17.8 Å². The van der Waals surface area contributed by atoms with Gasteiger partial charge < -0.3 is 5.32 Å². The Bertz CT molecular complexity index is 641. The third kappa shape index (κ3) is 3.44. The van der Waals surface area contributed by atoms with Crippen LogP contribution in [0.5, 0.6) is 0 Å². The number of halogens is 4. The molecule has 21 heavy (non-hydrogen) atoms. The predicted molar refractivity (Wildman–Crippen MR) is 79.0 cm³/mol. The highest BCUT2D eigenvalue weighted by molar-refractivity contribution is 9.10. The first kappa shape index (κ1) is 16.0. The third-order valence-electron chi connectivity index (χ3n) is 3.22. The number of rotatable bonds is 3. The number of hydrogen-bond donors (Lipinski definition) is 1. The molecule has 1 aromatic heterocycles. The van der Waals surface area contributed by atoms with Gasteiger partial charge in [-0.25, -0.2) is 0 Å². The maximum Gasteiger partial charge on any atom is 0.416 e. The van der Waals surface area contributed by atoms with Crippen LogP contribution < -0.4 is 5.32 Å². The molecule has 0 amide bonds. The zero-order chi connectivity index (χ0) is 15.6. The van der Waals surface area contributed by atoms with Crippen molar-refractivity contribution in [2.45, 2.75) is 19.1 Å². The molecule has 2 rings (SSSR count). The van der Waals surface area contributed by atoms with Crippen LogP contribution in [-0.4, -0.2) is 12.0 Å². The normalized spacial score (nSPS) is 13.2. The largest absolute Gasteiger partial charge is 0.416 e. The van der Waals surface area contributed by atoms with Gasteiger partial charge in [0.05, 0.1) is 11.6 Å². The molecule has 1 aromatic carbocycles. The third-order valence-corrected chi connectivity index (χ3v) is 3.91. The molecule has 2 aromatic rings. The number of hydrogen-bond acceptors (Lipinski definition) is 2. The molecule has 0 saturated carbocycles. The molecule has 1 atom stereocenters. The van der Waals surface area contributed by atoms with Crippen molar-refractivity contribution in [2.75, 3.05) is 7.05 Å². The minimum absolute atomic E-state index is 0.108. The van der Waals surface area contributed by atoms with Crippen molar-refractivity contribution in [3.8, 4) is 0 Å². The second-order valence-electron chi connectivity index (χ2n) is 4.71. The summed E-state index contributed by atoms with van der Waals surface area (Å²) in [7, 11) is 1.63. The van der Waals surface area contributed by atoms with Crippen LogP contribution in [0.4, 0.5) is 13.2 Å². The summed E-state index contributed by atoms with van der Waals surface area (Å²) in [4.78, 5) is 3.85. The molecule has 0 saturated heterocycles. The maximum atomic E-state index is 13.2. The number of nitrogens with one attached hydrogen (secondary N) is 1. The monoisotopic (exact) mass is 358 g/mol. The SMILES string of the molecule is CNC(c1ccc(C)cc1Br)c1cnccc1C(F)(F)F. The molecule has 1 heterocycles. The highest BCUT2D eigenvalue weighted by atomic mass is 79.9. The van der Waals surface area contributed by atoms with E-state index in [1.165, 1.54) is 6.20 Å². The van der Waals surface area contributed by atoms with Gasteiger partial charge in [-0.05, 0) is 37.2 Å². The molecule has 2 nitrogen and oxygen atoms in total. The predicted octanol–water partition coefficient (Wildman–Crippen LogP) is 4.48. The van der Waals surface area contributed by atoms with Crippen molar-refractivity contribution in [2.24, 2.45) is 0 Å². The van der Waals surface area contributed by atoms with Gasteiger partial charge in [-0.15, -0.1) is 0 Å². The lowest BCUT2D eigenvalue weighted by Crippen LogP contribution is -2.22. The lowest BCUT2D eigenvalue weighted by Gasteiger charge is -2.22. The number of pyridine rings is 1. The molecule has 1 unspecified atom stereocenters. The molecule has 0 aliphatic rings. The molecule has 0 aliphatic carbocycles. The van der Waals surface area contributed by atoms with Crippen LogP contribution in [-0.2, 0) is 6.18 Å². The van der Waals surface area contributed by atoms with Crippen molar-refractivity contribution in [3.05, 3.63) is 63.4 Å². The van der Waals surface area contributed by atoms with E-state index in [0.717, 1.165) is 27.9 Å². The Labute approximate surface area is 129 Å². The maximum absolute atomic E-state index is 13.2. The van der Waals surface area contributed by atoms with E-state index in [9.17, 15) is 13.2 Å². The first-order valence-corrected chi connectivity index (χ1v) is 7.08. The zero-order valence-electron chi connectivity index (χ0n) is 11.5. The molecule has 1 N–H and O–H groups in total. The Morgan fingerprint density at radius 1 is 1.19 bits per heavy atom. The van der Waals surface area contributed by atoms with Gasteiger partial charge in [0.2, 0.25) is 0 Å². The minimum atomic E-state index is -4.41. The van der Waals surface area contributed by atoms with Crippen LogP contribution in [0.3, 0.4) is 0 Å². The van der Waals surface area contributed by atoms with Gasteiger partial charge in [0.25, 0.3) is 0 Å². The van der Waals surface area contributed by atoms with Gasteiger partial charge in [0.1, 0.15) is 0 Å². The fraction of sp³-hybridized carbons (Fsp3) is 0.267. The van der Waals surface area contributed by atoms with E-state index in [1.807, 2.05) is 25.1 Å². The van der Waals surface area contributed by atoms with Crippen LogP contribution in [0.1, 0.15) is 28.3 Å². The topological polar surface area (TPSA) is 24.9 Å². The molecular weight excluding hydrogens is 345 g/mol. The Morgan fingerprint density at radius 2 is 1.90 bits per heavy atom. The van der Waals surface area contributed by atoms with E-state index in [-0.39, 0.29) is 5.56 Å². The number of aryl methyl sites for hydroxylation is 1. The van der Waals surface area contributed by atoms with E-state index in [2.05, 4.69) is 26.2 Å². The van der Waals surface area contributed by atoms with Crippen LogP contribution in [0.25, 0.3) is 0 Å². The average Bonchev–Trinajstić information content (AvgIpc) is 2.41. The lowest BCUT2D eigenvalue weighted by molar-refractivity contribution is -0.138. The Balaban J connectivity index is 2.57. The summed E-state index contributed by atoms with van der Waals surface area (Å²) in [5, 5.41) is 2.94. The van der Waals surface area contributed by atoms with Crippen molar-refractivity contribution < 1.29 is 13.2 Å². The molecule has 6 heteroatoms. The molecule has 0 radical (unpaired) electrons. The second kappa shape index (κ2) is 6.15. The van der Waals surface area contributed by atoms with Crippen LogP contribution in [0.15, 0.2) is 41.1 Å². The average molecular weight is 359 g/mol. The summed E-state index contributed by atoms with van der Waals surface area (Å²) in [6.45, 7) is 1.92. The first-order valence-electron chi connectivity index (χ1n) is 6.29. The molecule has 112 valence electrons. The molecule has 0 bridgehead atoms. The molecule has 0 spiro atoms. The van der Waals surface area contributed by atoms with Gasteiger partial charge in [0, 0.05) is 22.4 Å². The zero-order valence-corrected chi connectivity index (χ0v) is 13.1. The quantitative estimate of drug-likeness (QED) is 0.874. The van der Waals surface area contributed by atoms with Gasteiger partial charge in [-0.2, -0.15) is 13.2 Å².